The Morgan fingerprint density at radius 1 is 1.13 bits per heavy atom. The monoisotopic (exact) mass is 343 g/mol. The maximum atomic E-state index is 12.6. The zero-order valence-corrected chi connectivity index (χ0v) is 17.7. The quantitative estimate of drug-likeness (QED) is 0.674. The maximum Gasteiger partial charge on any atom is 0.410 e. The van der Waals surface area contributed by atoms with E-state index in [1.54, 1.807) is 0 Å². The molecule has 0 bridgehead atoms. The van der Waals surface area contributed by atoms with Gasteiger partial charge in [0.1, 0.15) is 5.60 Å². The number of carbonyl (C=O) groups excluding carboxylic acids is 1. The molecule has 0 aliphatic carbocycles. The number of hydrogen-bond acceptors (Lipinski definition) is 3. The lowest BCUT2D eigenvalue weighted by Gasteiger charge is -2.42. The van der Waals surface area contributed by atoms with E-state index >= 15 is 0 Å². The standard InChI is InChI=1S/C18H37NO3Si/c1-14-10-11-15(13-21-23(8,9)18(5,6)7)19(12-14)16(20)22-17(2,3)4/h14-15H,10-13H2,1-9H3/t14?,15-/m0/s1. The number of hydrogen-bond donors (Lipinski definition) is 0. The molecule has 0 aromatic heterocycles. The van der Waals surface area contributed by atoms with Gasteiger partial charge in [0.15, 0.2) is 8.32 Å². The SMILES string of the molecule is CC1CC[C@@H](CO[Si](C)(C)C(C)(C)C)N(C(=O)OC(C)(C)C)C1. The van der Waals surface area contributed by atoms with Crippen LogP contribution in [0.4, 0.5) is 4.79 Å². The molecule has 136 valence electrons. The van der Waals surface area contributed by atoms with Gasteiger partial charge in [-0.15, -0.1) is 0 Å². The van der Waals surface area contributed by atoms with Crippen LogP contribution >= 0.6 is 0 Å². The van der Waals surface area contributed by atoms with Crippen LogP contribution in [0, 0.1) is 5.92 Å². The van der Waals surface area contributed by atoms with Crippen LogP contribution in [-0.4, -0.2) is 44.1 Å². The van der Waals surface area contributed by atoms with E-state index in [9.17, 15) is 4.79 Å². The normalized spacial score (nSPS) is 23.8. The molecule has 1 heterocycles. The summed E-state index contributed by atoms with van der Waals surface area (Å²) in [6.07, 6.45) is 1.94. The molecule has 23 heavy (non-hydrogen) atoms. The molecule has 0 spiro atoms. The number of piperidine rings is 1. The summed E-state index contributed by atoms with van der Waals surface area (Å²) in [4.78, 5) is 14.4. The van der Waals surface area contributed by atoms with Gasteiger partial charge in [0, 0.05) is 6.54 Å². The highest BCUT2D eigenvalue weighted by molar-refractivity contribution is 6.74. The van der Waals surface area contributed by atoms with E-state index in [1.165, 1.54) is 0 Å². The van der Waals surface area contributed by atoms with Crippen LogP contribution in [0.3, 0.4) is 0 Å². The molecular formula is C18H37NO3Si. The van der Waals surface area contributed by atoms with Crippen LogP contribution in [0.2, 0.25) is 18.1 Å². The lowest BCUT2D eigenvalue weighted by molar-refractivity contribution is -0.00376. The number of rotatable bonds is 3. The Bertz CT molecular complexity index is 409. The highest BCUT2D eigenvalue weighted by Gasteiger charge is 2.39. The van der Waals surface area contributed by atoms with Crippen LogP contribution in [0.1, 0.15) is 61.3 Å². The minimum atomic E-state index is -1.80. The molecule has 1 amide bonds. The second-order valence-corrected chi connectivity index (χ2v) is 14.3. The van der Waals surface area contributed by atoms with E-state index in [-0.39, 0.29) is 17.2 Å². The summed E-state index contributed by atoms with van der Waals surface area (Å²) < 4.78 is 12.0. The van der Waals surface area contributed by atoms with Gasteiger partial charge in [-0.05, 0) is 57.7 Å². The first-order valence-electron chi connectivity index (χ1n) is 8.86. The van der Waals surface area contributed by atoms with Gasteiger partial charge in [-0.3, -0.25) is 0 Å². The van der Waals surface area contributed by atoms with Crippen molar-refractivity contribution in [1.82, 2.24) is 4.90 Å². The van der Waals surface area contributed by atoms with Crippen LogP contribution in [0.5, 0.6) is 0 Å². The molecule has 0 radical (unpaired) electrons. The second-order valence-electron chi connectivity index (χ2n) is 9.54. The molecule has 5 heteroatoms. The van der Waals surface area contributed by atoms with Gasteiger partial charge < -0.3 is 14.1 Å². The summed E-state index contributed by atoms with van der Waals surface area (Å²) in [5.74, 6) is 0.520. The summed E-state index contributed by atoms with van der Waals surface area (Å²) in [7, 11) is -1.80. The fourth-order valence-electron chi connectivity index (χ4n) is 2.45. The number of carbonyl (C=O) groups is 1. The first kappa shape index (κ1) is 20.5. The average Bonchev–Trinajstić information content (AvgIpc) is 2.33. The molecule has 0 N–H and O–H groups in total. The minimum absolute atomic E-state index is 0.134. The first-order chi connectivity index (χ1) is 10.2. The van der Waals surface area contributed by atoms with Crippen molar-refractivity contribution in [2.45, 2.75) is 91.1 Å². The van der Waals surface area contributed by atoms with Gasteiger partial charge in [-0.25, -0.2) is 4.79 Å². The Hall–Kier alpha value is -0.553. The smallest absolute Gasteiger partial charge is 0.410 e. The Morgan fingerprint density at radius 2 is 1.70 bits per heavy atom. The zero-order chi connectivity index (χ0) is 18.1. The van der Waals surface area contributed by atoms with Crippen molar-refractivity contribution >= 4 is 14.4 Å². The molecule has 1 rings (SSSR count). The third-order valence-corrected chi connectivity index (χ3v) is 9.51. The second kappa shape index (κ2) is 7.14. The van der Waals surface area contributed by atoms with E-state index < -0.39 is 13.9 Å². The fourth-order valence-corrected chi connectivity index (χ4v) is 3.49. The summed E-state index contributed by atoms with van der Waals surface area (Å²) in [5.41, 5.74) is -0.456. The van der Waals surface area contributed by atoms with Crippen LogP contribution in [0.15, 0.2) is 0 Å². The molecule has 1 aliphatic heterocycles. The molecule has 4 nitrogen and oxygen atoms in total. The third kappa shape index (κ3) is 6.11. The first-order valence-corrected chi connectivity index (χ1v) is 11.8. The zero-order valence-electron chi connectivity index (χ0n) is 16.7. The highest BCUT2D eigenvalue weighted by atomic mass is 28.4. The van der Waals surface area contributed by atoms with E-state index in [1.807, 2.05) is 25.7 Å². The number of likely N-dealkylation sites (tertiary alicyclic amines) is 1. The molecule has 1 fully saturated rings. The molecule has 2 atom stereocenters. The number of amides is 1. The summed E-state index contributed by atoms with van der Waals surface area (Å²) in [6.45, 7) is 20.6. The van der Waals surface area contributed by atoms with Crippen molar-refractivity contribution in [3.63, 3.8) is 0 Å². The maximum absolute atomic E-state index is 12.6. The lowest BCUT2D eigenvalue weighted by atomic mass is 9.95. The number of ether oxygens (including phenoxy) is 1. The Kier molecular flexibility index (Phi) is 6.36. The molecule has 0 aromatic carbocycles. The topological polar surface area (TPSA) is 38.8 Å². The Morgan fingerprint density at radius 3 is 2.17 bits per heavy atom. The molecule has 1 saturated heterocycles. The van der Waals surface area contributed by atoms with Crippen LogP contribution in [-0.2, 0) is 9.16 Å². The van der Waals surface area contributed by atoms with Gasteiger partial charge >= 0.3 is 6.09 Å². The van der Waals surface area contributed by atoms with Crippen molar-refractivity contribution in [1.29, 1.82) is 0 Å². The van der Waals surface area contributed by atoms with Crippen LogP contribution < -0.4 is 0 Å². The van der Waals surface area contributed by atoms with Crippen molar-refractivity contribution in [3.05, 3.63) is 0 Å². The summed E-state index contributed by atoms with van der Waals surface area (Å²) >= 11 is 0. The van der Waals surface area contributed by atoms with Gasteiger partial charge in [0.25, 0.3) is 0 Å². The molecule has 0 saturated carbocycles. The molecular weight excluding hydrogens is 306 g/mol. The van der Waals surface area contributed by atoms with Gasteiger partial charge in [-0.1, -0.05) is 27.7 Å². The van der Waals surface area contributed by atoms with E-state index in [0.717, 1.165) is 19.4 Å². The van der Waals surface area contributed by atoms with Crippen molar-refractivity contribution in [2.75, 3.05) is 13.2 Å². The van der Waals surface area contributed by atoms with Gasteiger partial charge in [0.2, 0.25) is 0 Å². The van der Waals surface area contributed by atoms with Crippen molar-refractivity contribution in [3.8, 4) is 0 Å². The molecule has 0 aromatic rings. The summed E-state index contributed by atoms with van der Waals surface area (Å²) in [6, 6.07) is 0.134. The minimum Gasteiger partial charge on any atom is -0.444 e. The third-order valence-electron chi connectivity index (χ3n) is 5.01. The van der Waals surface area contributed by atoms with Gasteiger partial charge in [0.05, 0.1) is 12.6 Å². The average molecular weight is 344 g/mol. The van der Waals surface area contributed by atoms with E-state index in [0.29, 0.717) is 12.5 Å². The van der Waals surface area contributed by atoms with Gasteiger partial charge in [-0.2, -0.15) is 0 Å². The van der Waals surface area contributed by atoms with E-state index in [2.05, 4.69) is 40.8 Å². The van der Waals surface area contributed by atoms with Crippen LogP contribution in [0.25, 0.3) is 0 Å². The molecule has 1 aliphatic rings. The summed E-state index contributed by atoms with van der Waals surface area (Å²) in [5, 5.41) is 0.186. The fraction of sp³-hybridized carbons (Fsp3) is 0.944. The van der Waals surface area contributed by atoms with E-state index in [4.69, 9.17) is 9.16 Å². The Labute approximate surface area is 144 Å². The largest absolute Gasteiger partial charge is 0.444 e. The Balaban J connectivity index is 2.76. The highest BCUT2D eigenvalue weighted by Crippen LogP contribution is 2.37. The predicted octanol–water partition coefficient (Wildman–Crippen LogP) is 5.04. The number of nitrogens with zero attached hydrogens (tertiary/aromatic N) is 1. The lowest BCUT2D eigenvalue weighted by Crippen LogP contribution is -2.52. The molecule has 1 unspecified atom stereocenters. The van der Waals surface area contributed by atoms with Crippen molar-refractivity contribution in [2.24, 2.45) is 5.92 Å². The predicted molar refractivity (Wildman–Crippen MR) is 98.3 cm³/mol. The van der Waals surface area contributed by atoms with Crippen molar-refractivity contribution < 1.29 is 14.0 Å².